The Morgan fingerprint density at radius 2 is 2.07 bits per heavy atom. The van der Waals surface area contributed by atoms with Crippen molar-refractivity contribution in [3.05, 3.63) is 29.0 Å². The number of rotatable bonds is 2. The highest BCUT2D eigenvalue weighted by atomic mass is 35.5. The summed E-state index contributed by atoms with van der Waals surface area (Å²) in [5.74, 6) is -1.13. The summed E-state index contributed by atoms with van der Waals surface area (Å²) < 4.78 is 37.8. The lowest BCUT2D eigenvalue weighted by Gasteiger charge is -1.99. The summed E-state index contributed by atoms with van der Waals surface area (Å²) in [4.78, 5) is 9.02. The molecule has 0 saturated carbocycles. The van der Waals surface area contributed by atoms with Crippen LogP contribution in [0, 0.1) is 5.82 Å². The lowest BCUT2D eigenvalue weighted by Crippen LogP contribution is -2.00. The van der Waals surface area contributed by atoms with Crippen molar-refractivity contribution in [3.8, 4) is 0 Å². The fourth-order valence-corrected chi connectivity index (χ4v) is 1.80. The van der Waals surface area contributed by atoms with E-state index in [1.54, 1.807) is 0 Å². The highest BCUT2D eigenvalue weighted by Gasteiger charge is 2.19. The molecule has 14 heavy (non-hydrogen) atoms. The van der Waals surface area contributed by atoms with Crippen molar-refractivity contribution in [1.29, 1.82) is 0 Å². The zero-order valence-electron chi connectivity index (χ0n) is 6.57. The Kier molecular flexibility index (Phi) is 3.00. The van der Waals surface area contributed by atoms with Crippen LogP contribution in [-0.4, -0.2) is 14.5 Å². The van der Waals surface area contributed by atoms with E-state index in [1.165, 1.54) is 12.1 Å². The normalized spacial score (nSPS) is 10.7. The highest BCUT2D eigenvalue weighted by molar-refractivity contribution is 7.90. The largest absolute Gasteiger partial charge is 0.295 e. The predicted molar refractivity (Wildman–Crippen MR) is 46.7 cm³/mol. The van der Waals surface area contributed by atoms with E-state index in [2.05, 4.69) is 4.40 Å². The number of hydrogen-bond acceptors (Lipinski definition) is 3. The number of sulfonamides is 1. The van der Waals surface area contributed by atoms with Crippen molar-refractivity contribution in [2.45, 2.75) is 4.90 Å². The fraction of sp³-hybridized carbons (Fsp3) is 0. The Labute approximate surface area is 84.1 Å². The number of isocyanates is 1. The molecule has 1 aromatic rings. The van der Waals surface area contributed by atoms with Gasteiger partial charge in [0.1, 0.15) is 4.90 Å². The minimum Gasteiger partial charge on any atom is -0.210 e. The van der Waals surface area contributed by atoms with Gasteiger partial charge in [-0.2, -0.15) is 8.42 Å². The zero-order valence-corrected chi connectivity index (χ0v) is 8.14. The predicted octanol–water partition coefficient (Wildman–Crippen LogP) is 1.50. The summed E-state index contributed by atoms with van der Waals surface area (Å²) in [6, 6.07) is 3.37. The van der Waals surface area contributed by atoms with Crippen LogP contribution in [0.25, 0.3) is 0 Å². The second kappa shape index (κ2) is 3.88. The molecule has 0 aromatic heterocycles. The molecular weight excluding hydrogens is 233 g/mol. The number of carbonyl (C=O) groups excluding carboxylic acids is 1. The monoisotopic (exact) mass is 235 g/mol. The number of hydrogen-bond donors (Lipinski definition) is 0. The van der Waals surface area contributed by atoms with Crippen LogP contribution in [-0.2, 0) is 14.8 Å². The smallest absolute Gasteiger partial charge is 0.210 e. The van der Waals surface area contributed by atoms with Crippen molar-refractivity contribution >= 4 is 27.7 Å². The molecule has 0 saturated heterocycles. The van der Waals surface area contributed by atoms with Gasteiger partial charge in [-0.1, -0.05) is 22.1 Å². The average molecular weight is 236 g/mol. The Bertz CT molecular complexity index is 508. The molecule has 0 atom stereocenters. The van der Waals surface area contributed by atoms with Crippen LogP contribution in [0.2, 0.25) is 5.02 Å². The van der Waals surface area contributed by atoms with Gasteiger partial charge in [-0.15, -0.1) is 0 Å². The Morgan fingerprint density at radius 1 is 1.43 bits per heavy atom. The second-order valence-electron chi connectivity index (χ2n) is 2.21. The van der Waals surface area contributed by atoms with Crippen molar-refractivity contribution in [1.82, 2.24) is 0 Å². The van der Waals surface area contributed by atoms with Crippen LogP contribution in [0.1, 0.15) is 0 Å². The van der Waals surface area contributed by atoms with Gasteiger partial charge in [0, 0.05) is 0 Å². The molecule has 0 heterocycles. The third-order valence-electron chi connectivity index (χ3n) is 1.35. The molecule has 0 aliphatic heterocycles. The van der Waals surface area contributed by atoms with Gasteiger partial charge in [0.15, 0.2) is 5.82 Å². The van der Waals surface area contributed by atoms with Crippen molar-refractivity contribution in [3.63, 3.8) is 0 Å². The first-order valence-corrected chi connectivity index (χ1v) is 5.09. The van der Waals surface area contributed by atoms with E-state index >= 15 is 0 Å². The molecule has 74 valence electrons. The van der Waals surface area contributed by atoms with Crippen LogP contribution >= 0.6 is 11.6 Å². The lowest BCUT2D eigenvalue weighted by atomic mass is 10.3. The SMILES string of the molecule is O=C=NS(=O)(=O)c1cccc(Cl)c1F. The topological polar surface area (TPSA) is 63.6 Å². The molecule has 0 N–H and O–H groups in total. The maximum absolute atomic E-state index is 13.1. The molecule has 0 amide bonds. The summed E-state index contributed by atoms with van der Waals surface area (Å²) >= 11 is 5.34. The van der Waals surface area contributed by atoms with Crippen molar-refractivity contribution in [2.75, 3.05) is 0 Å². The van der Waals surface area contributed by atoms with E-state index in [9.17, 15) is 17.6 Å². The van der Waals surface area contributed by atoms with Gasteiger partial charge in [0.25, 0.3) is 16.1 Å². The van der Waals surface area contributed by atoms with Crippen LogP contribution in [0.5, 0.6) is 0 Å². The maximum atomic E-state index is 13.1. The molecule has 0 bridgehead atoms. The fourth-order valence-electron chi connectivity index (χ4n) is 0.781. The molecule has 1 rings (SSSR count). The van der Waals surface area contributed by atoms with Crippen LogP contribution in [0.3, 0.4) is 0 Å². The first-order chi connectivity index (χ1) is 6.49. The zero-order chi connectivity index (χ0) is 10.8. The van der Waals surface area contributed by atoms with Gasteiger partial charge in [0.05, 0.1) is 5.02 Å². The summed E-state index contributed by atoms with van der Waals surface area (Å²) in [6.07, 6.45) is 0.830. The van der Waals surface area contributed by atoms with E-state index in [0.29, 0.717) is 0 Å². The minimum atomic E-state index is -4.32. The average Bonchev–Trinajstić information content (AvgIpc) is 2.09. The minimum absolute atomic E-state index is 0.354. The van der Waals surface area contributed by atoms with Crippen LogP contribution < -0.4 is 0 Å². The maximum Gasteiger partial charge on any atom is 0.295 e. The van der Waals surface area contributed by atoms with Crippen LogP contribution in [0.4, 0.5) is 4.39 Å². The quantitative estimate of drug-likeness (QED) is 0.576. The second-order valence-corrected chi connectivity index (χ2v) is 4.19. The van der Waals surface area contributed by atoms with E-state index in [4.69, 9.17) is 11.6 Å². The lowest BCUT2D eigenvalue weighted by molar-refractivity contribution is 0.559. The third-order valence-corrected chi connectivity index (χ3v) is 2.83. The summed E-state index contributed by atoms with van der Waals surface area (Å²) in [5.41, 5.74) is 0. The van der Waals surface area contributed by atoms with E-state index in [-0.39, 0.29) is 5.02 Å². The molecule has 0 fully saturated rings. The molecule has 0 unspecified atom stereocenters. The number of nitrogens with zero attached hydrogens (tertiary/aromatic N) is 1. The summed E-state index contributed by atoms with van der Waals surface area (Å²) in [7, 11) is -4.32. The first kappa shape index (κ1) is 10.8. The molecule has 7 heteroatoms. The third kappa shape index (κ3) is 1.98. The van der Waals surface area contributed by atoms with Gasteiger partial charge in [-0.25, -0.2) is 9.18 Å². The summed E-state index contributed by atoms with van der Waals surface area (Å²) in [6.45, 7) is 0. The van der Waals surface area contributed by atoms with E-state index in [0.717, 1.165) is 12.1 Å². The van der Waals surface area contributed by atoms with Gasteiger partial charge in [0.2, 0.25) is 0 Å². The van der Waals surface area contributed by atoms with Gasteiger partial charge in [-0.3, -0.25) is 0 Å². The summed E-state index contributed by atoms with van der Waals surface area (Å²) in [5, 5.41) is -0.354. The Balaban J connectivity index is 3.49. The van der Waals surface area contributed by atoms with Gasteiger partial charge in [-0.05, 0) is 12.1 Å². The molecule has 0 aliphatic carbocycles. The molecule has 0 spiro atoms. The molecule has 4 nitrogen and oxygen atoms in total. The first-order valence-electron chi connectivity index (χ1n) is 3.27. The van der Waals surface area contributed by atoms with Crippen molar-refractivity contribution < 1.29 is 17.6 Å². The standard InChI is InChI=1S/C7H3ClFNO3S/c8-5-2-1-3-6(7(5)9)14(12,13)10-4-11/h1-3H. The van der Waals surface area contributed by atoms with Gasteiger partial charge < -0.3 is 0 Å². The molecule has 1 aromatic carbocycles. The highest BCUT2D eigenvalue weighted by Crippen LogP contribution is 2.22. The van der Waals surface area contributed by atoms with Crippen LogP contribution in [0.15, 0.2) is 27.5 Å². The molecule has 0 aliphatic rings. The Morgan fingerprint density at radius 3 is 2.64 bits per heavy atom. The molecule has 0 radical (unpaired) electrons. The molecular formula is C7H3ClFNO3S. The van der Waals surface area contributed by atoms with E-state index < -0.39 is 20.7 Å². The number of halogens is 2. The van der Waals surface area contributed by atoms with Gasteiger partial charge >= 0.3 is 0 Å². The number of benzene rings is 1. The van der Waals surface area contributed by atoms with Crippen molar-refractivity contribution in [2.24, 2.45) is 4.40 Å². The van der Waals surface area contributed by atoms with E-state index in [1.807, 2.05) is 0 Å². The Hall–Kier alpha value is -1.23.